The second-order valence-corrected chi connectivity index (χ2v) is 7.30. The highest BCUT2D eigenvalue weighted by Crippen LogP contribution is 2.28. The summed E-state index contributed by atoms with van der Waals surface area (Å²) in [5.41, 5.74) is 1.16. The summed E-state index contributed by atoms with van der Waals surface area (Å²) in [7, 11) is 0. The van der Waals surface area contributed by atoms with Gasteiger partial charge in [0.1, 0.15) is 0 Å². The van der Waals surface area contributed by atoms with Gasteiger partial charge in [-0.15, -0.1) is 12.4 Å². The Morgan fingerprint density at radius 1 is 1.26 bits per heavy atom. The van der Waals surface area contributed by atoms with Crippen molar-refractivity contribution in [3.8, 4) is 0 Å². The van der Waals surface area contributed by atoms with Gasteiger partial charge in [-0.25, -0.2) is 0 Å². The largest absolute Gasteiger partial charge is 0.314 e. The number of likely N-dealkylation sites (tertiary alicyclic amines) is 1. The van der Waals surface area contributed by atoms with Crippen molar-refractivity contribution in [2.45, 2.75) is 38.3 Å². The molecule has 0 bridgehead atoms. The third-order valence-corrected chi connectivity index (χ3v) is 5.26. The minimum atomic E-state index is -0.332. The lowest BCUT2D eigenvalue weighted by Gasteiger charge is -2.32. The molecule has 128 valence electrons. The van der Waals surface area contributed by atoms with Crippen molar-refractivity contribution in [2.24, 2.45) is 5.92 Å². The highest BCUT2D eigenvalue weighted by molar-refractivity contribution is 9.10. The van der Waals surface area contributed by atoms with E-state index in [1.807, 2.05) is 6.07 Å². The number of halogens is 2. The minimum absolute atomic E-state index is 0. The van der Waals surface area contributed by atoms with Crippen molar-refractivity contribution >= 4 is 34.0 Å². The Morgan fingerprint density at radius 3 is 2.57 bits per heavy atom. The fraction of sp³-hybridized carbons (Fsp3) is 0.625. The molecule has 23 heavy (non-hydrogen) atoms. The van der Waals surface area contributed by atoms with Crippen LogP contribution in [0.25, 0.3) is 0 Å². The summed E-state index contributed by atoms with van der Waals surface area (Å²) in [4.78, 5) is 13.1. The average Bonchev–Trinajstić information content (AvgIpc) is 3.32. The van der Waals surface area contributed by atoms with Crippen LogP contribution in [0.15, 0.2) is 22.7 Å². The van der Waals surface area contributed by atoms with Gasteiger partial charge in [0, 0.05) is 18.7 Å². The summed E-state index contributed by atoms with van der Waals surface area (Å²) < 4.78 is 0.546. The van der Waals surface area contributed by atoms with Crippen molar-refractivity contribution in [3.63, 3.8) is 0 Å². The van der Waals surface area contributed by atoms with E-state index >= 15 is 0 Å². The number of benzene rings is 1. The molecule has 5 nitrogen and oxygen atoms in total. The lowest BCUT2D eigenvalue weighted by atomic mass is 10.0. The summed E-state index contributed by atoms with van der Waals surface area (Å²) in [6.07, 6.45) is 5.14. The van der Waals surface area contributed by atoms with Crippen LogP contribution in [0.5, 0.6) is 0 Å². The van der Waals surface area contributed by atoms with Gasteiger partial charge in [-0.1, -0.05) is 6.07 Å². The van der Waals surface area contributed by atoms with Gasteiger partial charge in [0.2, 0.25) is 0 Å². The Morgan fingerprint density at radius 2 is 1.96 bits per heavy atom. The zero-order valence-corrected chi connectivity index (χ0v) is 15.4. The van der Waals surface area contributed by atoms with E-state index in [0.717, 1.165) is 31.1 Å². The standard InChI is InChI=1S/C16H22BrN3O2.ClH/c17-15-4-3-13(9-16(15)20(21)22)11-19-7-5-14(6-8-19)18-10-12-1-2-12;/h3-4,9,12,14,18H,1-2,5-8,10-11H2;1H. The third kappa shape index (κ3) is 5.41. The van der Waals surface area contributed by atoms with Crippen LogP contribution >= 0.6 is 28.3 Å². The van der Waals surface area contributed by atoms with E-state index in [-0.39, 0.29) is 23.0 Å². The molecule has 0 radical (unpaired) electrons. The molecule has 0 spiro atoms. The van der Waals surface area contributed by atoms with Crippen LogP contribution in [0.4, 0.5) is 5.69 Å². The Hall–Kier alpha value is -0.690. The molecule has 1 aliphatic heterocycles. The van der Waals surface area contributed by atoms with Crippen LogP contribution in [0.3, 0.4) is 0 Å². The summed E-state index contributed by atoms with van der Waals surface area (Å²) in [5.74, 6) is 0.932. The van der Waals surface area contributed by atoms with Crippen LogP contribution in [-0.2, 0) is 6.54 Å². The highest BCUT2D eigenvalue weighted by atomic mass is 79.9. The SMILES string of the molecule is Cl.O=[N+]([O-])c1cc(CN2CCC(NCC3CC3)CC2)ccc1Br. The van der Waals surface area contributed by atoms with E-state index < -0.39 is 0 Å². The highest BCUT2D eigenvalue weighted by Gasteiger charge is 2.24. The molecule has 0 amide bonds. The number of hydrogen-bond donors (Lipinski definition) is 1. The molecule has 1 aromatic rings. The molecule has 2 aliphatic rings. The Balaban J connectivity index is 0.00000192. The maximum atomic E-state index is 11.0. The molecule has 0 atom stereocenters. The van der Waals surface area contributed by atoms with Gasteiger partial charge in [-0.3, -0.25) is 15.0 Å². The van der Waals surface area contributed by atoms with Crippen molar-refractivity contribution in [2.75, 3.05) is 19.6 Å². The number of rotatable bonds is 6. The van der Waals surface area contributed by atoms with Crippen molar-refractivity contribution in [1.29, 1.82) is 0 Å². The molecule has 1 N–H and O–H groups in total. The van der Waals surface area contributed by atoms with Crippen molar-refractivity contribution in [3.05, 3.63) is 38.3 Å². The maximum Gasteiger partial charge on any atom is 0.283 e. The van der Waals surface area contributed by atoms with Crippen LogP contribution in [0.1, 0.15) is 31.2 Å². The molecule has 1 aromatic carbocycles. The topological polar surface area (TPSA) is 58.4 Å². The number of nitro groups is 1. The number of nitrogens with one attached hydrogen (secondary N) is 1. The van der Waals surface area contributed by atoms with Crippen LogP contribution in [0.2, 0.25) is 0 Å². The molecule has 0 aromatic heterocycles. The quantitative estimate of drug-likeness (QED) is 0.579. The summed E-state index contributed by atoms with van der Waals surface area (Å²) >= 11 is 3.23. The number of nitrogens with zero attached hydrogens (tertiary/aromatic N) is 2. The zero-order chi connectivity index (χ0) is 15.5. The molecule has 3 rings (SSSR count). The summed E-state index contributed by atoms with van der Waals surface area (Å²) in [6.45, 7) is 4.10. The molecule has 1 saturated heterocycles. The van der Waals surface area contributed by atoms with Crippen LogP contribution in [0, 0.1) is 16.0 Å². The molecular formula is C16H23BrClN3O2. The van der Waals surface area contributed by atoms with Crippen molar-refractivity contribution in [1.82, 2.24) is 10.2 Å². The van der Waals surface area contributed by atoms with E-state index in [1.54, 1.807) is 12.1 Å². The van der Waals surface area contributed by atoms with Gasteiger partial charge in [-0.2, -0.15) is 0 Å². The van der Waals surface area contributed by atoms with E-state index in [9.17, 15) is 10.1 Å². The summed E-state index contributed by atoms with van der Waals surface area (Å²) in [6, 6.07) is 6.07. The van der Waals surface area contributed by atoms with E-state index in [0.29, 0.717) is 10.5 Å². The number of nitro benzene ring substituents is 1. The van der Waals surface area contributed by atoms with Crippen LogP contribution in [-0.4, -0.2) is 35.5 Å². The first kappa shape index (κ1) is 18.6. The summed E-state index contributed by atoms with van der Waals surface area (Å²) in [5, 5.41) is 14.7. The lowest BCUT2D eigenvalue weighted by molar-refractivity contribution is -0.385. The Bertz CT molecular complexity index is 546. The van der Waals surface area contributed by atoms with Crippen molar-refractivity contribution < 1.29 is 4.92 Å². The third-order valence-electron chi connectivity index (χ3n) is 4.59. The first-order valence-corrected chi connectivity index (χ1v) is 8.79. The maximum absolute atomic E-state index is 11.0. The van der Waals surface area contributed by atoms with Gasteiger partial charge in [0.25, 0.3) is 5.69 Å². The first-order valence-electron chi connectivity index (χ1n) is 8.00. The predicted octanol–water partition coefficient (Wildman–Crippen LogP) is 3.74. The van der Waals surface area contributed by atoms with Gasteiger partial charge in [0.05, 0.1) is 9.40 Å². The number of piperidine rings is 1. The normalized spacial score (nSPS) is 19.3. The molecule has 1 heterocycles. The predicted molar refractivity (Wildman–Crippen MR) is 97.1 cm³/mol. The lowest BCUT2D eigenvalue weighted by Crippen LogP contribution is -2.42. The second kappa shape index (κ2) is 8.42. The van der Waals surface area contributed by atoms with Gasteiger partial charge in [-0.05, 0) is 78.8 Å². The fourth-order valence-electron chi connectivity index (χ4n) is 3.01. The zero-order valence-electron chi connectivity index (χ0n) is 13.0. The second-order valence-electron chi connectivity index (χ2n) is 6.44. The molecular weight excluding hydrogens is 382 g/mol. The first-order chi connectivity index (χ1) is 10.6. The minimum Gasteiger partial charge on any atom is -0.314 e. The molecule has 1 saturated carbocycles. The van der Waals surface area contributed by atoms with Gasteiger partial charge in [0.15, 0.2) is 0 Å². The van der Waals surface area contributed by atoms with Gasteiger partial charge < -0.3 is 5.32 Å². The number of hydrogen-bond acceptors (Lipinski definition) is 4. The Labute approximate surface area is 151 Å². The Kier molecular flexibility index (Phi) is 6.83. The smallest absolute Gasteiger partial charge is 0.283 e. The van der Waals surface area contributed by atoms with Crippen LogP contribution < -0.4 is 5.32 Å². The molecule has 7 heteroatoms. The van der Waals surface area contributed by atoms with E-state index in [2.05, 4.69) is 26.1 Å². The van der Waals surface area contributed by atoms with E-state index in [4.69, 9.17) is 0 Å². The fourth-order valence-corrected chi connectivity index (χ4v) is 3.40. The van der Waals surface area contributed by atoms with Gasteiger partial charge >= 0.3 is 0 Å². The van der Waals surface area contributed by atoms with E-state index in [1.165, 1.54) is 32.2 Å². The molecule has 2 fully saturated rings. The average molecular weight is 405 g/mol. The molecule has 0 unspecified atom stereocenters. The molecule has 1 aliphatic carbocycles. The monoisotopic (exact) mass is 403 g/mol.